The maximum atomic E-state index is 11.5. The van der Waals surface area contributed by atoms with Crippen LogP contribution in [0.2, 0.25) is 0 Å². The van der Waals surface area contributed by atoms with Crippen LogP contribution < -0.4 is 10.5 Å². The highest BCUT2D eigenvalue weighted by atomic mass is 32.2. The summed E-state index contributed by atoms with van der Waals surface area (Å²) in [6.45, 7) is 0.874. The van der Waals surface area contributed by atoms with Crippen molar-refractivity contribution in [1.29, 1.82) is 0 Å². The number of hydrogen-bond acceptors (Lipinski definition) is 5. The average Bonchev–Trinajstić information content (AvgIpc) is 2.52. The van der Waals surface area contributed by atoms with Crippen LogP contribution in [0.25, 0.3) is 10.8 Å². The first-order valence-electron chi connectivity index (χ1n) is 7.29. The van der Waals surface area contributed by atoms with Crippen molar-refractivity contribution >= 4 is 20.9 Å². The molecule has 2 N–H and O–H groups in total. The molecule has 120 valence electrons. The highest BCUT2D eigenvalue weighted by Gasteiger charge is 2.09. The monoisotopic (exact) mass is 323 g/mol. The normalized spacial score (nSPS) is 11.7. The Morgan fingerprint density at radius 1 is 0.955 bits per heavy atom. The van der Waals surface area contributed by atoms with Crippen LogP contribution >= 0.6 is 0 Å². The molecule has 6 heteroatoms. The molecule has 0 atom stereocenters. The zero-order valence-electron chi connectivity index (χ0n) is 12.4. The molecular formula is C16H21NO4S. The summed E-state index contributed by atoms with van der Waals surface area (Å²) in [4.78, 5) is 0. The van der Waals surface area contributed by atoms with Gasteiger partial charge in [0.2, 0.25) is 0 Å². The van der Waals surface area contributed by atoms with Gasteiger partial charge in [-0.25, -0.2) is 0 Å². The van der Waals surface area contributed by atoms with Gasteiger partial charge < -0.3 is 10.5 Å². The second-order valence-corrected chi connectivity index (χ2v) is 6.70. The standard InChI is InChI=1S/C16H21NO4S/c17-9-3-12-22(18,19)21-11-4-10-20-16-8-7-14-5-1-2-6-15(14)13-16/h1-2,5-8,13H,3-4,9-12,17H2. The Labute approximate surface area is 131 Å². The first kappa shape index (κ1) is 16.7. The van der Waals surface area contributed by atoms with Gasteiger partial charge in [-0.1, -0.05) is 30.3 Å². The molecule has 0 spiro atoms. The Balaban J connectivity index is 1.74. The maximum absolute atomic E-state index is 11.5. The van der Waals surface area contributed by atoms with Gasteiger partial charge >= 0.3 is 0 Å². The van der Waals surface area contributed by atoms with Gasteiger partial charge in [-0.3, -0.25) is 4.18 Å². The van der Waals surface area contributed by atoms with Crippen molar-refractivity contribution in [3.05, 3.63) is 42.5 Å². The van der Waals surface area contributed by atoms with E-state index in [2.05, 4.69) is 0 Å². The van der Waals surface area contributed by atoms with Crippen molar-refractivity contribution in [2.45, 2.75) is 12.8 Å². The van der Waals surface area contributed by atoms with Crippen molar-refractivity contribution in [3.8, 4) is 5.75 Å². The summed E-state index contributed by atoms with van der Waals surface area (Å²) in [5.74, 6) is 0.736. The van der Waals surface area contributed by atoms with E-state index in [1.807, 2.05) is 42.5 Å². The van der Waals surface area contributed by atoms with E-state index < -0.39 is 10.1 Å². The number of rotatable bonds is 9. The maximum Gasteiger partial charge on any atom is 0.267 e. The zero-order valence-corrected chi connectivity index (χ0v) is 13.2. The Kier molecular flexibility index (Phi) is 6.18. The lowest BCUT2D eigenvalue weighted by Gasteiger charge is -2.08. The van der Waals surface area contributed by atoms with E-state index in [4.69, 9.17) is 14.7 Å². The van der Waals surface area contributed by atoms with E-state index in [9.17, 15) is 8.42 Å². The summed E-state index contributed by atoms with van der Waals surface area (Å²) in [5.41, 5.74) is 5.28. The van der Waals surface area contributed by atoms with Gasteiger partial charge in [0.05, 0.1) is 19.0 Å². The van der Waals surface area contributed by atoms with E-state index in [1.54, 1.807) is 0 Å². The topological polar surface area (TPSA) is 78.6 Å². The second kappa shape index (κ2) is 8.12. The van der Waals surface area contributed by atoms with Gasteiger partial charge in [-0.05, 0) is 35.9 Å². The van der Waals surface area contributed by atoms with Gasteiger partial charge in [0.15, 0.2) is 0 Å². The molecule has 0 aliphatic rings. The molecule has 0 aliphatic carbocycles. The molecule has 0 saturated heterocycles. The predicted molar refractivity (Wildman–Crippen MR) is 87.5 cm³/mol. The summed E-state index contributed by atoms with van der Waals surface area (Å²) >= 11 is 0. The van der Waals surface area contributed by atoms with Gasteiger partial charge in [-0.15, -0.1) is 0 Å². The van der Waals surface area contributed by atoms with E-state index in [1.165, 1.54) is 0 Å². The van der Waals surface area contributed by atoms with Crippen LogP contribution in [0.15, 0.2) is 42.5 Å². The lowest BCUT2D eigenvalue weighted by atomic mass is 10.1. The van der Waals surface area contributed by atoms with Crippen LogP contribution in [0.5, 0.6) is 5.75 Å². The molecule has 2 rings (SSSR count). The second-order valence-electron chi connectivity index (χ2n) is 4.94. The molecule has 0 heterocycles. The first-order valence-corrected chi connectivity index (χ1v) is 8.87. The third kappa shape index (κ3) is 5.29. The predicted octanol–water partition coefficient (Wildman–Crippen LogP) is 2.30. The SMILES string of the molecule is NCCCS(=O)(=O)OCCCOc1ccc2ccccc2c1. The van der Waals surface area contributed by atoms with Gasteiger partial charge in [0.1, 0.15) is 5.75 Å². The van der Waals surface area contributed by atoms with E-state index in [0.717, 1.165) is 16.5 Å². The number of benzene rings is 2. The van der Waals surface area contributed by atoms with Crippen LogP contribution in [0, 0.1) is 0 Å². The fourth-order valence-corrected chi connectivity index (χ4v) is 3.02. The minimum Gasteiger partial charge on any atom is -0.493 e. The molecule has 2 aromatic carbocycles. The molecule has 0 aromatic heterocycles. The van der Waals surface area contributed by atoms with Crippen molar-refractivity contribution in [1.82, 2.24) is 0 Å². The van der Waals surface area contributed by atoms with Crippen molar-refractivity contribution < 1.29 is 17.3 Å². The largest absolute Gasteiger partial charge is 0.493 e. The summed E-state index contributed by atoms with van der Waals surface area (Å²) in [7, 11) is -3.45. The van der Waals surface area contributed by atoms with E-state index >= 15 is 0 Å². The van der Waals surface area contributed by atoms with Crippen molar-refractivity contribution in [2.75, 3.05) is 25.5 Å². The molecule has 0 amide bonds. The van der Waals surface area contributed by atoms with E-state index in [0.29, 0.717) is 26.0 Å². The molecule has 2 aromatic rings. The molecule has 0 bridgehead atoms. The average molecular weight is 323 g/mol. The van der Waals surface area contributed by atoms with Crippen LogP contribution in [-0.2, 0) is 14.3 Å². The van der Waals surface area contributed by atoms with Crippen LogP contribution in [0.1, 0.15) is 12.8 Å². The number of ether oxygens (including phenoxy) is 1. The summed E-state index contributed by atoms with van der Waals surface area (Å²) < 4.78 is 33.4. The molecule has 5 nitrogen and oxygen atoms in total. The van der Waals surface area contributed by atoms with Crippen LogP contribution in [0.4, 0.5) is 0 Å². The summed E-state index contributed by atoms with van der Waals surface area (Å²) in [5, 5.41) is 2.27. The third-order valence-corrected chi connectivity index (χ3v) is 4.45. The van der Waals surface area contributed by atoms with Gasteiger partial charge in [0.25, 0.3) is 10.1 Å². The lowest BCUT2D eigenvalue weighted by molar-refractivity contribution is 0.251. The Morgan fingerprint density at radius 3 is 2.50 bits per heavy atom. The fourth-order valence-electron chi connectivity index (χ4n) is 2.01. The highest BCUT2D eigenvalue weighted by molar-refractivity contribution is 7.86. The lowest BCUT2D eigenvalue weighted by Crippen LogP contribution is -2.15. The Hall–Kier alpha value is -1.63. The highest BCUT2D eigenvalue weighted by Crippen LogP contribution is 2.20. The summed E-state index contributed by atoms with van der Waals surface area (Å²) in [6.07, 6.45) is 0.921. The molecule has 22 heavy (non-hydrogen) atoms. The van der Waals surface area contributed by atoms with Gasteiger partial charge in [-0.2, -0.15) is 8.42 Å². The van der Waals surface area contributed by atoms with Crippen molar-refractivity contribution in [2.24, 2.45) is 5.73 Å². The summed E-state index contributed by atoms with van der Waals surface area (Å²) in [6, 6.07) is 13.9. The zero-order chi connectivity index (χ0) is 15.8. The molecular weight excluding hydrogens is 302 g/mol. The van der Waals surface area contributed by atoms with Crippen LogP contribution in [-0.4, -0.2) is 33.9 Å². The smallest absolute Gasteiger partial charge is 0.267 e. The first-order chi connectivity index (χ1) is 10.6. The van der Waals surface area contributed by atoms with Crippen molar-refractivity contribution in [3.63, 3.8) is 0 Å². The Bertz CT molecular complexity index is 700. The molecule has 0 saturated carbocycles. The fraction of sp³-hybridized carbons (Fsp3) is 0.375. The van der Waals surface area contributed by atoms with E-state index in [-0.39, 0.29) is 12.4 Å². The number of fused-ring (bicyclic) bond motifs is 1. The minimum absolute atomic E-state index is 0.0327. The third-order valence-electron chi connectivity index (χ3n) is 3.14. The number of hydrogen-bond donors (Lipinski definition) is 1. The van der Waals surface area contributed by atoms with Crippen LogP contribution in [0.3, 0.4) is 0 Å². The molecule has 0 aliphatic heterocycles. The van der Waals surface area contributed by atoms with Gasteiger partial charge in [0, 0.05) is 6.42 Å². The molecule has 0 unspecified atom stereocenters. The minimum atomic E-state index is -3.45. The molecule has 0 fully saturated rings. The molecule has 0 radical (unpaired) electrons. The Morgan fingerprint density at radius 2 is 1.73 bits per heavy atom. The number of nitrogens with two attached hydrogens (primary N) is 1. The quantitative estimate of drug-likeness (QED) is 0.566.